The third-order valence-electron chi connectivity index (χ3n) is 1.91. The number of hydrogen-bond donors (Lipinski definition) is 0. The fraction of sp³-hybridized carbons (Fsp3) is 0.400. The van der Waals surface area contributed by atoms with Crippen LogP contribution in [0.4, 0.5) is 13.2 Å². The molecule has 1 aromatic heterocycles. The van der Waals surface area contributed by atoms with Crippen molar-refractivity contribution < 1.29 is 27.8 Å². The molecule has 0 bridgehead atoms. The number of halogens is 3. The van der Waals surface area contributed by atoms with Gasteiger partial charge in [-0.3, -0.25) is 0 Å². The summed E-state index contributed by atoms with van der Waals surface area (Å²) in [5, 5.41) is 10.6. The molecule has 0 aliphatic carbocycles. The molecular weight excluding hydrogens is 239 g/mol. The van der Waals surface area contributed by atoms with Crippen LogP contribution in [0.1, 0.15) is 19.4 Å². The predicted molar refractivity (Wildman–Crippen MR) is 49.0 cm³/mol. The van der Waals surface area contributed by atoms with Crippen molar-refractivity contribution in [2.45, 2.75) is 25.6 Å². The van der Waals surface area contributed by atoms with Crippen LogP contribution in [-0.4, -0.2) is 16.6 Å². The van der Waals surface area contributed by atoms with Gasteiger partial charge in [-0.25, -0.2) is 4.98 Å². The number of pyridine rings is 1. The van der Waals surface area contributed by atoms with Crippen LogP contribution < -0.4 is 9.84 Å². The van der Waals surface area contributed by atoms with E-state index in [0.717, 1.165) is 26.1 Å². The average molecular weight is 248 g/mol. The molecule has 0 radical (unpaired) electrons. The lowest BCUT2D eigenvalue weighted by atomic mass is 10.1. The molecular formula is C10H9F3NO3-. The van der Waals surface area contributed by atoms with E-state index in [2.05, 4.69) is 4.98 Å². The molecule has 1 aromatic rings. The van der Waals surface area contributed by atoms with Gasteiger partial charge in [-0.1, -0.05) is 0 Å². The van der Waals surface area contributed by atoms with Gasteiger partial charge in [0.15, 0.2) is 0 Å². The zero-order valence-corrected chi connectivity index (χ0v) is 9.04. The smallest absolute Gasteiger partial charge is 0.416 e. The van der Waals surface area contributed by atoms with E-state index in [4.69, 9.17) is 4.74 Å². The van der Waals surface area contributed by atoms with Gasteiger partial charge in [0.05, 0.1) is 11.5 Å². The van der Waals surface area contributed by atoms with Crippen molar-refractivity contribution in [2.24, 2.45) is 0 Å². The maximum absolute atomic E-state index is 12.3. The van der Waals surface area contributed by atoms with E-state index in [-0.39, 0.29) is 0 Å². The van der Waals surface area contributed by atoms with Crippen LogP contribution in [0.5, 0.6) is 5.88 Å². The molecule has 0 atom stereocenters. The minimum absolute atomic E-state index is 0.422. The van der Waals surface area contributed by atoms with Gasteiger partial charge in [0, 0.05) is 12.3 Å². The van der Waals surface area contributed by atoms with E-state index in [1.807, 2.05) is 0 Å². The Morgan fingerprint density at radius 3 is 2.47 bits per heavy atom. The summed E-state index contributed by atoms with van der Waals surface area (Å²) in [6.45, 7) is 2.31. The third-order valence-corrected chi connectivity index (χ3v) is 1.91. The Hall–Kier alpha value is -1.79. The van der Waals surface area contributed by atoms with Crippen molar-refractivity contribution in [3.8, 4) is 5.88 Å². The maximum atomic E-state index is 12.3. The SMILES string of the molecule is CC(C)(Oc1cc(C(F)(F)F)ccn1)C(=O)[O-]. The van der Waals surface area contributed by atoms with Crippen molar-refractivity contribution in [1.82, 2.24) is 4.98 Å². The zero-order chi connectivity index (χ0) is 13.3. The zero-order valence-electron chi connectivity index (χ0n) is 9.04. The molecule has 1 heterocycles. The van der Waals surface area contributed by atoms with E-state index in [1.54, 1.807) is 0 Å². The first-order chi connectivity index (χ1) is 7.63. The molecule has 0 amide bonds. The normalized spacial score (nSPS) is 12.3. The first kappa shape index (κ1) is 13.3. The Kier molecular flexibility index (Phi) is 3.30. The Morgan fingerprint density at radius 2 is 2.00 bits per heavy atom. The molecule has 0 spiro atoms. The number of rotatable bonds is 3. The number of nitrogens with zero attached hydrogens (tertiary/aromatic N) is 1. The molecule has 4 nitrogen and oxygen atoms in total. The lowest BCUT2D eigenvalue weighted by Gasteiger charge is -2.26. The number of carbonyl (C=O) groups is 1. The van der Waals surface area contributed by atoms with Crippen LogP contribution >= 0.6 is 0 Å². The van der Waals surface area contributed by atoms with Gasteiger partial charge in [0.2, 0.25) is 5.88 Å². The van der Waals surface area contributed by atoms with Crippen molar-refractivity contribution >= 4 is 5.97 Å². The van der Waals surface area contributed by atoms with Crippen LogP contribution in [0, 0.1) is 0 Å². The van der Waals surface area contributed by atoms with Crippen LogP contribution in [0.15, 0.2) is 18.3 Å². The molecule has 0 saturated carbocycles. The number of aromatic nitrogens is 1. The van der Waals surface area contributed by atoms with Gasteiger partial charge in [-0.05, 0) is 19.9 Å². The number of ether oxygens (including phenoxy) is 1. The van der Waals surface area contributed by atoms with Crippen molar-refractivity contribution in [1.29, 1.82) is 0 Å². The molecule has 0 N–H and O–H groups in total. The number of hydrogen-bond acceptors (Lipinski definition) is 4. The summed E-state index contributed by atoms with van der Waals surface area (Å²) in [5.41, 5.74) is -2.71. The summed E-state index contributed by atoms with van der Waals surface area (Å²) in [5.74, 6) is -1.97. The number of carboxylic acid groups (broad SMARTS) is 1. The summed E-state index contributed by atoms with van der Waals surface area (Å²) in [4.78, 5) is 14.1. The second-order valence-corrected chi connectivity index (χ2v) is 3.78. The van der Waals surface area contributed by atoms with E-state index in [0.29, 0.717) is 6.07 Å². The Labute approximate surface area is 95.0 Å². The lowest BCUT2D eigenvalue weighted by Crippen LogP contribution is -2.48. The standard InChI is InChI=1S/C10H10F3NO3/c1-9(2,8(15)16)17-7-5-6(3-4-14-7)10(11,12)13/h3-5H,1-2H3,(H,15,16)/p-1. The largest absolute Gasteiger partial charge is 0.546 e. The quantitative estimate of drug-likeness (QED) is 0.800. The molecule has 7 heteroatoms. The summed E-state index contributed by atoms with van der Waals surface area (Å²) >= 11 is 0. The van der Waals surface area contributed by atoms with Gasteiger partial charge in [-0.15, -0.1) is 0 Å². The summed E-state index contributed by atoms with van der Waals surface area (Å²) in [6, 6.07) is 1.39. The maximum Gasteiger partial charge on any atom is 0.416 e. The van der Waals surface area contributed by atoms with Crippen LogP contribution in [-0.2, 0) is 11.0 Å². The monoisotopic (exact) mass is 248 g/mol. The minimum atomic E-state index is -4.54. The summed E-state index contributed by atoms with van der Waals surface area (Å²) < 4.78 is 41.9. The molecule has 0 unspecified atom stereocenters. The highest BCUT2D eigenvalue weighted by atomic mass is 19.4. The van der Waals surface area contributed by atoms with E-state index in [1.165, 1.54) is 0 Å². The van der Waals surface area contributed by atoms with Crippen LogP contribution in [0.2, 0.25) is 0 Å². The molecule has 0 aliphatic heterocycles. The molecule has 17 heavy (non-hydrogen) atoms. The molecule has 0 saturated heterocycles. The topological polar surface area (TPSA) is 62.2 Å². The molecule has 0 aliphatic rings. The highest BCUT2D eigenvalue weighted by molar-refractivity contribution is 5.74. The van der Waals surface area contributed by atoms with Crippen LogP contribution in [0.3, 0.4) is 0 Å². The first-order valence-corrected chi connectivity index (χ1v) is 4.56. The Morgan fingerprint density at radius 1 is 1.41 bits per heavy atom. The average Bonchev–Trinajstić information content (AvgIpc) is 2.15. The first-order valence-electron chi connectivity index (χ1n) is 4.56. The van der Waals surface area contributed by atoms with E-state index >= 15 is 0 Å². The Balaban J connectivity index is 2.98. The molecule has 1 rings (SSSR count). The minimum Gasteiger partial charge on any atom is -0.546 e. The predicted octanol–water partition coefficient (Wildman–Crippen LogP) is 1.01. The van der Waals surface area contributed by atoms with Crippen molar-refractivity contribution in [3.05, 3.63) is 23.9 Å². The number of aliphatic carboxylic acids is 1. The van der Waals surface area contributed by atoms with Crippen molar-refractivity contribution in [3.63, 3.8) is 0 Å². The molecule has 0 aromatic carbocycles. The summed E-state index contributed by atoms with van der Waals surface area (Å²) in [6.07, 6.45) is -3.64. The molecule has 0 fully saturated rings. The van der Waals surface area contributed by atoms with Gasteiger partial charge in [0.25, 0.3) is 0 Å². The van der Waals surface area contributed by atoms with E-state index in [9.17, 15) is 23.1 Å². The second-order valence-electron chi connectivity index (χ2n) is 3.78. The van der Waals surface area contributed by atoms with Crippen LogP contribution in [0.25, 0.3) is 0 Å². The Bertz CT molecular complexity index is 429. The van der Waals surface area contributed by atoms with Gasteiger partial charge >= 0.3 is 6.18 Å². The lowest BCUT2D eigenvalue weighted by molar-refractivity contribution is -0.320. The molecule has 94 valence electrons. The van der Waals surface area contributed by atoms with Crippen molar-refractivity contribution in [2.75, 3.05) is 0 Å². The highest BCUT2D eigenvalue weighted by Crippen LogP contribution is 2.31. The number of carbonyl (C=O) groups excluding carboxylic acids is 1. The van der Waals surface area contributed by atoms with Gasteiger partial charge in [-0.2, -0.15) is 13.2 Å². The van der Waals surface area contributed by atoms with Gasteiger partial charge in [0.1, 0.15) is 5.60 Å². The van der Waals surface area contributed by atoms with E-state index < -0.39 is 29.2 Å². The second kappa shape index (κ2) is 4.23. The highest BCUT2D eigenvalue weighted by Gasteiger charge is 2.31. The number of carboxylic acids is 1. The summed E-state index contributed by atoms with van der Waals surface area (Å²) in [7, 11) is 0. The third kappa shape index (κ3) is 3.33. The fourth-order valence-corrected chi connectivity index (χ4v) is 0.945. The fourth-order valence-electron chi connectivity index (χ4n) is 0.945. The van der Waals surface area contributed by atoms with Gasteiger partial charge < -0.3 is 14.6 Å². The number of alkyl halides is 3.